The van der Waals surface area contributed by atoms with Crippen LogP contribution in [0.25, 0.3) is 0 Å². The van der Waals surface area contributed by atoms with Crippen LogP contribution in [0.15, 0.2) is 15.9 Å². The van der Waals surface area contributed by atoms with Gasteiger partial charge in [-0.05, 0) is 54.3 Å². The van der Waals surface area contributed by atoms with Crippen molar-refractivity contribution in [3.05, 3.63) is 20.8 Å². The van der Waals surface area contributed by atoms with Crippen LogP contribution in [0.3, 0.4) is 0 Å². The number of hydrogen-bond donors (Lipinski definition) is 0. The number of thiophene rings is 1. The summed E-state index contributed by atoms with van der Waals surface area (Å²) >= 11 is 4.95. The summed E-state index contributed by atoms with van der Waals surface area (Å²) in [5.74, 6) is 0.236. The van der Waals surface area contributed by atoms with Gasteiger partial charge in [0.05, 0.1) is 11.4 Å². The third-order valence-corrected chi connectivity index (χ3v) is 5.40. The molecule has 0 bridgehead atoms. The largest absolute Gasteiger partial charge is 0.306 e. The molecule has 2 rings (SSSR count). The van der Waals surface area contributed by atoms with E-state index in [4.69, 9.17) is 0 Å². The number of ketones is 1. The van der Waals surface area contributed by atoms with Crippen LogP contribution in [0.1, 0.15) is 22.5 Å². The minimum Gasteiger partial charge on any atom is -0.306 e. The number of rotatable bonds is 4. The maximum absolute atomic E-state index is 12.1. The first-order valence-corrected chi connectivity index (χ1v) is 7.90. The molecule has 0 saturated carbocycles. The molecule has 0 spiro atoms. The van der Waals surface area contributed by atoms with E-state index >= 15 is 0 Å². The van der Waals surface area contributed by atoms with Crippen molar-refractivity contribution in [2.75, 3.05) is 33.7 Å². The number of likely N-dealkylation sites (tertiary alicyclic amines) is 1. The van der Waals surface area contributed by atoms with Crippen LogP contribution < -0.4 is 0 Å². The van der Waals surface area contributed by atoms with E-state index in [1.807, 2.05) is 11.4 Å². The van der Waals surface area contributed by atoms with Gasteiger partial charge in [-0.1, -0.05) is 0 Å². The summed E-state index contributed by atoms with van der Waals surface area (Å²) in [5.41, 5.74) is 0. The molecule has 1 aliphatic heterocycles. The molecule has 0 amide bonds. The van der Waals surface area contributed by atoms with Gasteiger partial charge in [0.15, 0.2) is 5.78 Å². The topological polar surface area (TPSA) is 23.6 Å². The highest BCUT2D eigenvalue weighted by Gasteiger charge is 2.23. The quantitative estimate of drug-likeness (QED) is 0.793. The summed E-state index contributed by atoms with van der Waals surface area (Å²) in [7, 11) is 4.27. The van der Waals surface area contributed by atoms with Crippen LogP contribution >= 0.6 is 27.3 Å². The summed E-state index contributed by atoms with van der Waals surface area (Å²) in [6, 6.07) is 2.61. The SMILES string of the molecule is CN(C)C1CCN(CC(=O)c2sccc2Br)CC1. The van der Waals surface area contributed by atoms with Crippen molar-refractivity contribution < 1.29 is 4.79 Å². The number of nitrogens with zero attached hydrogens (tertiary/aromatic N) is 2. The molecule has 0 N–H and O–H groups in total. The lowest BCUT2D eigenvalue weighted by Gasteiger charge is -2.34. The molecule has 3 nitrogen and oxygen atoms in total. The summed E-state index contributed by atoms with van der Waals surface area (Å²) in [6.07, 6.45) is 2.32. The lowest BCUT2D eigenvalue weighted by molar-refractivity contribution is 0.0877. The van der Waals surface area contributed by atoms with Crippen LogP contribution in [0.5, 0.6) is 0 Å². The first-order chi connectivity index (χ1) is 8.58. The molecule has 0 aromatic carbocycles. The number of hydrogen-bond acceptors (Lipinski definition) is 4. The number of halogens is 1. The Kier molecular flexibility index (Phi) is 4.95. The van der Waals surface area contributed by atoms with Crippen molar-refractivity contribution in [3.63, 3.8) is 0 Å². The summed E-state index contributed by atoms with van der Waals surface area (Å²) in [6.45, 7) is 2.61. The van der Waals surface area contributed by atoms with Gasteiger partial charge in [0.1, 0.15) is 0 Å². The third-order valence-electron chi connectivity index (χ3n) is 3.53. The molecule has 2 heterocycles. The lowest BCUT2D eigenvalue weighted by Crippen LogP contribution is -2.43. The van der Waals surface area contributed by atoms with Crippen molar-refractivity contribution in [2.24, 2.45) is 0 Å². The van der Waals surface area contributed by atoms with Gasteiger partial charge < -0.3 is 4.90 Å². The Morgan fingerprint density at radius 1 is 1.50 bits per heavy atom. The molecular formula is C13H19BrN2OS. The van der Waals surface area contributed by atoms with Crippen molar-refractivity contribution in [1.29, 1.82) is 0 Å². The molecule has 1 fully saturated rings. The Morgan fingerprint density at radius 2 is 2.17 bits per heavy atom. The molecule has 100 valence electrons. The molecule has 1 aromatic heterocycles. The van der Waals surface area contributed by atoms with Crippen molar-refractivity contribution in [3.8, 4) is 0 Å². The average Bonchev–Trinajstić information content (AvgIpc) is 2.76. The maximum atomic E-state index is 12.1. The van der Waals surface area contributed by atoms with E-state index in [-0.39, 0.29) is 5.78 Å². The Morgan fingerprint density at radius 3 is 2.67 bits per heavy atom. The second-order valence-corrected chi connectivity index (χ2v) is 6.76. The Balaban J connectivity index is 1.85. The van der Waals surface area contributed by atoms with Crippen molar-refractivity contribution in [2.45, 2.75) is 18.9 Å². The fourth-order valence-corrected chi connectivity index (χ4v) is 3.89. The molecule has 0 aliphatic carbocycles. The Labute approximate surface area is 121 Å². The van der Waals surface area contributed by atoms with E-state index in [0.29, 0.717) is 12.6 Å². The Hall–Kier alpha value is -0.230. The standard InChI is InChI=1S/C13H19BrN2OS/c1-15(2)10-3-6-16(7-4-10)9-12(17)13-11(14)5-8-18-13/h5,8,10H,3-4,6-7,9H2,1-2H3. The van der Waals surface area contributed by atoms with Gasteiger partial charge in [-0.15, -0.1) is 11.3 Å². The minimum atomic E-state index is 0.236. The maximum Gasteiger partial charge on any atom is 0.187 e. The van der Waals surface area contributed by atoms with E-state index in [1.54, 1.807) is 0 Å². The first kappa shape index (κ1) is 14.2. The molecular weight excluding hydrogens is 312 g/mol. The number of carbonyl (C=O) groups is 1. The van der Waals surface area contributed by atoms with E-state index in [1.165, 1.54) is 11.3 Å². The smallest absolute Gasteiger partial charge is 0.187 e. The summed E-state index contributed by atoms with van der Waals surface area (Å²) in [5, 5.41) is 1.95. The first-order valence-electron chi connectivity index (χ1n) is 6.23. The van der Waals surface area contributed by atoms with Gasteiger partial charge in [-0.2, -0.15) is 0 Å². The van der Waals surface area contributed by atoms with E-state index in [2.05, 4.69) is 39.8 Å². The van der Waals surface area contributed by atoms with Crippen LogP contribution in [-0.4, -0.2) is 55.4 Å². The predicted octanol–water partition coefficient (Wildman–Crippen LogP) is 2.72. The van der Waals surface area contributed by atoms with Gasteiger partial charge in [0.2, 0.25) is 0 Å². The van der Waals surface area contributed by atoms with Gasteiger partial charge in [-0.25, -0.2) is 0 Å². The van der Waals surface area contributed by atoms with Crippen LogP contribution in [0, 0.1) is 0 Å². The second kappa shape index (κ2) is 6.28. The Bertz CT molecular complexity index is 411. The molecule has 0 unspecified atom stereocenters. The fraction of sp³-hybridized carbons (Fsp3) is 0.615. The molecule has 0 atom stereocenters. The zero-order chi connectivity index (χ0) is 13.1. The van der Waals surface area contributed by atoms with Crippen LogP contribution in [0.2, 0.25) is 0 Å². The second-order valence-electron chi connectivity index (χ2n) is 4.99. The van der Waals surface area contributed by atoms with Gasteiger partial charge in [-0.3, -0.25) is 9.69 Å². The molecule has 18 heavy (non-hydrogen) atoms. The molecule has 1 aliphatic rings. The average molecular weight is 331 g/mol. The van der Waals surface area contributed by atoms with Crippen molar-refractivity contribution in [1.82, 2.24) is 9.80 Å². The monoisotopic (exact) mass is 330 g/mol. The highest BCUT2D eigenvalue weighted by atomic mass is 79.9. The zero-order valence-corrected chi connectivity index (χ0v) is 13.3. The normalized spacial score (nSPS) is 18.4. The summed E-state index contributed by atoms with van der Waals surface area (Å²) < 4.78 is 0.931. The van der Waals surface area contributed by atoms with Gasteiger partial charge >= 0.3 is 0 Å². The molecule has 5 heteroatoms. The highest BCUT2D eigenvalue weighted by molar-refractivity contribution is 9.10. The van der Waals surface area contributed by atoms with Crippen LogP contribution in [0.4, 0.5) is 0 Å². The minimum absolute atomic E-state index is 0.236. The number of Topliss-reactive ketones (excluding diaryl/α,β-unsaturated/α-hetero) is 1. The molecule has 0 radical (unpaired) electrons. The third kappa shape index (κ3) is 3.41. The molecule has 1 saturated heterocycles. The number of carbonyl (C=O) groups excluding carboxylic acids is 1. The highest BCUT2D eigenvalue weighted by Crippen LogP contribution is 2.24. The van der Waals surface area contributed by atoms with Crippen LogP contribution in [-0.2, 0) is 0 Å². The summed E-state index contributed by atoms with van der Waals surface area (Å²) in [4.78, 5) is 17.5. The predicted molar refractivity (Wildman–Crippen MR) is 79.5 cm³/mol. The van der Waals surface area contributed by atoms with E-state index < -0.39 is 0 Å². The van der Waals surface area contributed by atoms with Gasteiger partial charge in [0, 0.05) is 23.6 Å². The molecule has 1 aromatic rings. The zero-order valence-electron chi connectivity index (χ0n) is 10.9. The lowest BCUT2D eigenvalue weighted by atomic mass is 10.0. The van der Waals surface area contributed by atoms with E-state index in [0.717, 1.165) is 35.3 Å². The van der Waals surface area contributed by atoms with Crippen molar-refractivity contribution >= 4 is 33.0 Å². The van der Waals surface area contributed by atoms with E-state index in [9.17, 15) is 4.79 Å². The number of piperidine rings is 1. The van der Waals surface area contributed by atoms with Gasteiger partial charge in [0.25, 0.3) is 0 Å². The fourth-order valence-electron chi connectivity index (χ4n) is 2.36.